The van der Waals surface area contributed by atoms with Gasteiger partial charge in [-0.15, -0.1) is 0 Å². The SMILES string of the molecule is Cc1cc(C)n(CCOC(=O)CCCOc2cccc(Cl)c2Cl)n1. The Morgan fingerprint density at radius 1 is 1.25 bits per heavy atom. The maximum atomic E-state index is 11.7. The van der Waals surface area contributed by atoms with E-state index in [1.807, 2.05) is 24.6 Å². The van der Waals surface area contributed by atoms with Crippen LogP contribution in [0.5, 0.6) is 5.75 Å². The molecule has 0 amide bonds. The molecule has 5 nitrogen and oxygen atoms in total. The van der Waals surface area contributed by atoms with Crippen molar-refractivity contribution >= 4 is 29.2 Å². The lowest BCUT2D eigenvalue weighted by atomic mass is 10.3. The quantitative estimate of drug-likeness (QED) is 0.515. The van der Waals surface area contributed by atoms with Crippen LogP contribution in [0.3, 0.4) is 0 Å². The normalized spacial score (nSPS) is 10.7. The number of hydrogen-bond donors (Lipinski definition) is 0. The fraction of sp³-hybridized carbons (Fsp3) is 0.412. The number of aromatic nitrogens is 2. The van der Waals surface area contributed by atoms with Crippen molar-refractivity contribution in [2.75, 3.05) is 13.2 Å². The van der Waals surface area contributed by atoms with Crippen LogP contribution in [0, 0.1) is 13.8 Å². The number of halogens is 2. The highest BCUT2D eigenvalue weighted by molar-refractivity contribution is 6.42. The third-order valence-corrected chi connectivity index (χ3v) is 4.17. The molecule has 7 heteroatoms. The minimum absolute atomic E-state index is 0.252. The van der Waals surface area contributed by atoms with Crippen LogP contribution < -0.4 is 4.74 Å². The third kappa shape index (κ3) is 5.42. The van der Waals surface area contributed by atoms with Gasteiger partial charge < -0.3 is 9.47 Å². The Kier molecular flexibility index (Phi) is 6.94. The molecule has 0 aliphatic heterocycles. The number of benzene rings is 1. The van der Waals surface area contributed by atoms with E-state index in [4.69, 9.17) is 32.7 Å². The molecule has 0 aliphatic rings. The summed E-state index contributed by atoms with van der Waals surface area (Å²) < 4.78 is 12.6. The molecule has 2 rings (SSSR count). The van der Waals surface area contributed by atoms with Crippen LogP contribution in [0.15, 0.2) is 24.3 Å². The van der Waals surface area contributed by atoms with Crippen molar-refractivity contribution in [1.82, 2.24) is 9.78 Å². The van der Waals surface area contributed by atoms with Crippen molar-refractivity contribution in [3.8, 4) is 5.75 Å². The van der Waals surface area contributed by atoms with Crippen molar-refractivity contribution < 1.29 is 14.3 Å². The molecule has 0 radical (unpaired) electrons. The lowest BCUT2D eigenvalue weighted by Crippen LogP contribution is -2.13. The van der Waals surface area contributed by atoms with Crippen LogP contribution in [-0.2, 0) is 16.1 Å². The molecular formula is C17H20Cl2N2O3. The van der Waals surface area contributed by atoms with Crippen molar-refractivity contribution in [3.05, 3.63) is 45.7 Å². The Morgan fingerprint density at radius 3 is 2.75 bits per heavy atom. The first kappa shape index (κ1) is 18.6. The summed E-state index contributed by atoms with van der Waals surface area (Å²) in [6.07, 6.45) is 0.830. The summed E-state index contributed by atoms with van der Waals surface area (Å²) in [5.41, 5.74) is 2.01. The summed E-state index contributed by atoms with van der Waals surface area (Å²) in [4.78, 5) is 11.7. The first-order chi connectivity index (χ1) is 11.5. The largest absolute Gasteiger partial charge is 0.492 e. The predicted octanol–water partition coefficient (Wildman–Crippen LogP) is 4.21. The molecule has 0 N–H and O–H groups in total. The number of carbonyl (C=O) groups excluding carboxylic acids is 1. The Balaban J connectivity index is 1.63. The third-order valence-electron chi connectivity index (χ3n) is 3.37. The van der Waals surface area contributed by atoms with Gasteiger partial charge in [-0.25, -0.2) is 0 Å². The molecule has 0 spiro atoms. The molecule has 0 unspecified atom stereocenters. The van der Waals surface area contributed by atoms with Crippen LogP contribution in [0.2, 0.25) is 10.0 Å². The number of carbonyl (C=O) groups is 1. The lowest BCUT2D eigenvalue weighted by molar-refractivity contribution is -0.144. The monoisotopic (exact) mass is 370 g/mol. The van der Waals surface area contributed by atoms with E-state index in [0.717, 1.165) is 11.4 Å². The second-order valence-electron chi connectivity index (χ2n) is 5.37. The first-order valence-electron chi connectivity index (χ1n) is 7.71. The van der Waals surface area contributed by atoms with E-state index in [2.05, 4.69) is 5.10 Å². The van der Waals surface area contributed by atoms with Gasteiger partial charge in [0.25, 0.3) is 0 Å². The fourth-order valence-electron chi connectivity index (χ4n) is 2.21. The number of ether oxygens (including phenoxy) is 2. The Labute approximate surface area is 151 Å². The summed E-state index contributed by atoms with van der Waals surface area (Å²) in [6.45, 7) is 5.14. The van der Waals surface area contributed by atoms with Crippen LogP contribution in [0.4, 0.5) is 0 Å². The maximum Gasteiger partial charge on any atom is 0.305 e. The van der Waals surface area contributed by atoms with E-state index in [-0.39, 0.29) is 12.4 Å². The van der Waals surface area contributed by atoms with Crippen molar-refractivity contribution in [3.63, 3.8) is 0 Å². The second-order valence-corrected chi connectivity index (χ2v) is 6.16. The smallest absolute Gasteiger partial charge is 0.305 e. The molecule has 130 valence electrons. The van der Waals surface area contributed by atoms with Gasteiger partial charge in [0, 0.05) is 12.1 Å². The minimum atomic E-state index is -0.252. The number of nitrogens with zero attached hydrogens (tertiary/aromatic N) is 2. The number of hydrogen-bond acceptors (Lipinski definition) is 4. The van der Waals surface area contributed by atoms with E-state index in [1.54, 1.807) is 18.2 Å². The minimum Gasteiger partial charge on any atom is -0.492 e. The fourth-order valence-corrected chi connectivity index (χ4v) is 2.56. The zero-order chi connectivity index (χ0) is 17.5. The summed E-state index contributed by atoms with van der Waals surface area (Å²) in [5.74, 6) is 0.263. The van der Waals surface area contributed by atoms with E-state index < -0.39 is 0 Å². The van der Waals surface area contributed by atoms with Gasteiger partial charge in [0.05, 0.1) is 23.9 Å². The molecule has 1 heterocycles. The van der Waals surface area contributed by atoms with Crippen LogP contribution >= 0.6 is 23.2 Å². The standard InChI is InChI=1S/C17H20Cl2N2O3/c1-12-11-13(2)21(20-12)8-10-24-16(22)7-4-9-23-15-6-3-5-14(18)17(15)19/h3,5-6,11H,4,7-10H2,1-2H3. The van der Waals surface area contributed by atoms with Crippen LogP contribution in [-0.4, -0.2) is 29.0 Å². The van der Waals surface area contributed by atoms with Gasteiger partial charge in [0.1, 0.15) is 17.4 Å². The Morgan fingerprint density at radius 2 is 2.04 bits per heavy atom. The summed E-state index contributed by atoms with van der Waals surface area (Å²) >= 11 is 11.9. The molecule has 2 aromatic rings. The van der Waals surface area contributed by atoms with Gasteiger partial charge in [-0.05, 0) is 38.5 Å². The van der Waals surface area contributed by atoms with E-state index >= 15 is 0 Å². The van der Waals surface area contributed by atoms with Gasteiger partial charge in [0.2, 0.25) is 0 Å². The molecule has 0 saturated heterocycles. The molecular weight excluding hydrogens is 351 g/mol. The van der Waals surface area contributed by atoms with Gasteiger partial charge in [-0.1, -0.05) is 29.3 Å². The lowest BCUT2D eigenvalue weighted by Gasteiger charge is -2.09. The molecule has 0 atom stereocenters. The predicted molar refractivity (Wildman–Crippen MR) is 93.9 cm³/mol. The number of esters is 1. The zero-order valence-corrected chi connectivity index (χ0v) is 15.2. The first-order valence-corrected chi connectivity index (χ1v) is 8.46. The van der Waals surface area contributed by atoms with Crippen LogP contribution in [0.25, 0.3) is 0 Å². The molecule has 0 aliphatic carbocycles. The van der Waals surface area contributed by atoms with Crippen molar-refractivity contribution in [2.24, 2.45) is 0 Å². The van der Waals surface area contributed by atoms with E-state index in [0.29, 0.717) is 42.0 Å². The van der Waals surface area contributed by atoms with E-state index in [1.165, 1.54) is 0 Å². The molecule has 24 heavy (non-hydrogen) atoms. The summed E-state index contributed by atoms with van der Waals surface area (Å²) in [7, 11) is 0. The molecule has 0 saturated carbocycles. The molecule has 1 aromatic heterocycles. The van der Waals surface area contributed by atoms with Gasteiger partial charge in [-0.2, -0.15) is 5.10 Å². The van der Waals surface area contributed by atoms with Crippen molar-refractivity contribution in [1.29, 1.82) is 0 Å². The number of rotatable bonds is 8. The molecule has 1 aromatic carbocycles. The summed E-state index contributed by atoms with van der Waals surface area (Å²) in [6, 6.07) is 7.18. The average molecular weight is 371 g/mol. The Bertz CT molecular complexity index is 701. The number of aryl methyl sites for hydroxylation is 2. The molecule has 0 bridgehead atoms. The van der Waals surface area contributed by atoms with Crippen LogP contribution in [0.1, 0.15) is 24.2 Å². The van der Waals surface area contributed by atoms with Gasteiger partial charge >= 0.3 is 5.97 Å². The molecule has 0 fully saturated rings. The maximum absolute atomic E-state index is 11.7. The highest BCUT2D eigenvalue weighted by Gasteiger charge is 2.07. The Hall–Kier alpha value is -1.72. The average Bonchev–Trinajstić information content (AvgIpc) is 2.85. The zero-order valence-electron chi connectivity index (χ0n) is 13.7. The topological polar surface area (TPSA) is 53.4 Å². The highest BCUT2D eigenvalue weighted by atomic mass is 35.5. The van der Waals surface area contributed by atoms with Gasteiger partial charge in [0.15, 0.2) is 0 Å². The van der Waals surface area contributed by atoms with Crippen molar-refractivity contribution in [2.45, 2.75) is 33.2 Å². The second kappa shape index (κ2) is 8.94. The van der Waals surface area contributed by atoms with Gasteiger partial charge in [-0.3, -0.25) is 9.48 Å². The van der Waals surface area contributed by atoms with E-state index in [9.17, 15) is 4.79 Å². The highest BCUT2D eigenvalue weighted by Crippen LogP contribution is 2.31. The summed E-state index contributed by atoms with van der Waals surface area (Å²) in [5, 5.41) is 5.14.